The number of pyridine rings is 1. The fourth-order valence-corrected chi connectivity index (χ4v) is 2.09. The van der Waals surface area contributed by atoms with Crippen molar-refractivity contribution in [2.45, 2.75) is 0 Å². The summed E-state index contributed by atoms with van der Waals surface area (Å²) in [5.74, 6) is 0. The van der Waals surface area contributed by atoms with Crippen molar-refractivity contribution in [2.75, 3.05) is 0 Å². The van der Waals surface area contributed by atoms with Crippen molar-refractivity contribution < 1.29 is 0 Å². The number of hydrogen-bond acceptors (Lipinski definition) is 1. The van der Waals surface area contributed by atoms with Gasteiger partial charge in [0.05, 0.1) is 5.69 Å². The molecule has 17 heavy (non-hydrogen) atoms. The number of rotatable bonds is 1. The van der Waals surface area contributed by atoms with E-state index in [9.17, 15) is 0 Å². The van der Waals surface area contributed by atoms with E-state index in [0.29, 0.717) is 10.0 Å². The summed E-state index contributed by atoms with van der Waals surface area (Å²) in [6.45, 7) is 0. The summed E-state index contributed by atoms with van der Waals surface area (Å²) in [6, 6.07) is 11.3. The van der Waals surface area contributed by atoms with E-state index in [1.807, 2.05) is 53.2 Å². The van der Waals surface area contributed by atoms with E-state index in [4.69, 9.17) is 23.2 Å². The third-order valence-electron chi connectivity index (χ3n) is 2.54. The molecule has 3 aromatic rings. The molecule has 0 amide bonds. The molecular weight excluding hydrogens is 255 g/mol. The third kappa shape index (κ3) is 2.02. The zero-order valence-electron chi connectivity index (χ0n) is 8.77. The summed E-state index contributed by atoms with van der Waals surface area (Å²) in [4.78, 5) is 4.50. The number of imidazole rings is 1. The molecule has 0 bridgehead atoms. The topological polar surface area (TPSA) is 17.3 Å². The van der Waals surface area contributed by atoms with Gasteiger partial charge in [0, 0.05) is 34.1 Å². The highest BCUT2D eigenvalue weighted by atomic mass is 35.5. The molecule has 0 fully saturated rings. The standard InChI is InChI=1S/C13H8Cl2N2/c14-10-3-1-2-9(6-10)12-8-17-5-4-11(15)7-13(17)16-12/h1-8H. The predicted octanol–water partition coefficient (Wildman–Crippen LogP) is 4.31. The van der Waals surface area contributed by atoms with E-state index >= 15 is 0 Å². The van der Waals surface area contributed by atoms with Gasteiger partial charge in [-0.3, -0.25) is 0 Å². The van der Waals surface area contributed by atoms with Crippen molar-refractivity contribution in [3.63, 3.8) is 0 Å². The minimum Gasteiger partial charge on any atom is -0.306 e. The minimum absolute atomic E-state index is 0.681. The Bertz CT molecular complexity index is 689. The fraction of sp³-hybridized carbons (Fsp3) is 0. The zero-order chi connectivity index (χ0) is 11.8. The summed E-state index contributed by atoms with van der Waals surface area (Å²) in [7, 11) is 0. The maximum Gasteiger partial charge on any atom is 0.138 e. The molecule has 0 N–H and O–H groups in total. The van der Waals surface area contributed by atoms with Crippen LogP contribution in [0, 0.1) is 0 Å². The zero-order valence-corrected chi connectivity index (χ0v) is 10.3. The number of hydrogen-bond donors (Lipinski definition) is 0. The van der Waals surface area contributed by atoms with Crippen LogP contribution in [0.1, 0.15) is 0 Å². The Balaban J connectivity index is 2.18. The molecule has 4 heteroatoms. The average molecular weight is 263 g/mol. The second-order valence-corrected chi connectivity index (χ2v) is 4.62. The lowest BCUT2D eigenvalue weighted by Gasteiger charge is -1.95. The van der Waals surface area contributed by atoms with Crippen LogP contribution < -0.4 is 0 Å². The van der Waals surface area contributed by atoms with E-state index in [2.05, 4.69) is 4.98 Å². The highest BCUT2D eigenvalue weighted by Gasteiger charge is 2.04. The molecule has 1 aromatic carbocycles. The minimum atomic E-state index is 0.681. The van der Waals surface area contributed by atoms with Crippen LogP contribution in [0.3, 0.4) is 0 Å². The molecule has 84 valence electrons. The SMILES string of the molecule is Clc1cccc(-c2cn3ccc(Cl)cc3n2)c1. The summed E-state index contributed by atoms with van der Waals surface area (Å²) in [6.07, 6.45) is 3.84. The second kappa shape index (κ2) is 4.06. The first-order valence-corrected chi connectivity index (χ1v) is 5.88. The van der Waals surface area contributed by atoms with Crippen LogP contribution >= 0.6 is 23.2 Å². The summed E-state index contributed by atoms with van der Waals surface area (Å²) in [5, 5.41) is 1.39. The first-order valence-electron chi connectivity index (χ1n) is 5.12. The first kappa shape index (κ1) is 10.6. The number of halogens is 2. The molecule has 0 radical (unpaired) electrons. The highest BCUT2D eigenvalue weighted by Crippen LogP contribution is 2.23. The number of fused-ring (bicyclic) bond motifs is 1. The molecule has 2 nitrogen and oxygen atoms in total. The molecule has 0 saturated heterocycles. The van der Waals surface area contributed by atoms with Crippen molar-refractivity contribution in [3.05, 3.63) is 58.8 Å². The van der Waals surface area contributed by atoms with Gasteiger partial charge in [-0.2, -0.15) is 0 Å². The van der Waals surface area contributed by atoms with Crippen LogP contribution in [0.15, 0.2) is 48.8 Å². The predicted molar refractivity (Wildman–Crippen MR) is 70.6 cm³/mol. The van der Waals surface area contributed by atoms with Crippen LogP contribution in [0.5, 0.6) is 0 Å². The van der Waals surface area contributed by atoms with E-state index in [1.165, 1.54) is 0 Å². The Hall–Kier alpha value is -1.51. The fourth-order valence-electron chi connectivity index (χ4n) is 1.74. The van der Waals surface area contributed by atoms with Crippen molar-refractivity contribution in [3.8, 4) is 11.3 Å². The van der Waals surface area contributed by atoms with Gasteiger partial charge in [-0.05, 0) is 18.2 Å². The van der Waals surface area contributed by atoms with Gasteiger partial charge in [-0.1, -0.05) is 35.3 Å². The van der Waals surface area contributed by atoms with Gasteiger partial charge >= 0.3 is 0 Å². The first-order chi connectivity index (χ1) is 8.22. The number of benzene rings is 1. The Kier molecular flexibility index (Phi) is 2.54. The lowest BCUT2D eigenvalue weighted by Crippen LogP contribution is -1.79. The van der Waals surface area contributed by atoms with Gasteiger partial charge in [0.2, 0.25) is 0 Å². The summed E-state index contributed by atoms with van der Waals surface area (Å²) in [5.41, 5.74) is 2.71. The summed E-state index contributed by atoms with van der Waals surface area (Å²) >= 11 is 11.9. The molecule has 3 rings (SSSR count). The van der Waals surface area contributed by atoms with Gasteiger partial charge in [0.15, 0.2) is 0 Å². The van der Waals surface area contributed by atoms with Crippen LogP contribution in [0.25, 0.3) is 16.9 Å². The molecule has 0 aliphatic rings. The lowest BCUT2D eigenvalue weighted by molar-refractivity contribution is 1.19. The smallest absolute Gasteiger partial charge is 0.138 e. The van der Waals surface area contributed by atoms with Crippen molar-refractivity contribution in [1.82, 2.24) is 9.38 Å². The van der Waals surface area contributed by atoms with Crippen LogP contribution in [-0.4, -0.2) is 9.38 Å². The normalized spacial score (nSPS) is 10.9. The molecular formula is C13H8Cl2N2. The Morgan fingerprint density at radius 2 is 1.82 bits per heavy atom. The molecule has 0 saturated carbocycles. The van der Waals surface area contributed by atoms with Crippen LogP contribution in [0.2, 0.25) is 10.0 Å². The highest BCUT2D eigenvalue weighted by molar-refractivity contribution is 6.31. The molecule has 2 heterocycles. The van der Waals surface area contributed by atoms with E-state index in [1.54, 1.807) is 0 Å². The van der Waals surface area contributed by atoms with E-state index in [0.717, 1.165) is 16.9 Å². The Labute approximate surface area is 108 Å². The van der Waals surface area contributed by atoms with Crippen molar-refractivity contribution in [2.24, 2.45) is 0 Å². The molecule has 2 aromatic heterocycles. The number of nitrogens with zero attached hydrogens (tertiary/aromatic N) is 2. The van der Waals surface area contributed by atoms with E-state index < -0.39 is 0 Å². The van der Waals surface area contributed by atoms with Gasteiger partial charge in [0.1, 0.15) is 5.65 Å². The third-order valence-corrected chi connectivity index (χ3v) is 3.01. The molecule has 0 aliphatic heterocycles. The van der Waals surface area contributed by atoms with Gasteiger partial charge in [0.25, 0.3) is 0 Å². The molecule has 0 spiro atoms. The second-order valence-electron chi connectivity index (χ2n) is 3.75. The summed E-state index contributed by atoms with van der Waals surface area (Å²) < 4.78 is 1.93. The van der Waals surface area contributed by atoms with Crippen LogP contribution in [0.4, 0.5) is 0 Å². The Morgan fingerprint density at radius 1 is 1.00 bits per heavy atom. The Morgan fingerprint density at radius 3 is 2.65 bits per heavy atom. The van der Waals surface area contributed by atoms with E-state index in [-0.39, 0.29) is 0 Å². The van der Waals surface area contributed by atoms with Gasteiger partial charge in [-0.25, -0.2) is 4.98 Å². The molecule has 0 unspecified atom stereocenters. The van der Waals surface area contributed by atoms with Gasteiger partial charge in [-0.15, -0.1) is 0 Å². The van der Waals surface area contributed by atoms with Crippen molar-refractivity contribution in [1.29, 1.82) is 0 Å². The van der Waals surface area contributed by atoms with Gasteiger partial charge < -0.3 is 4.40 Å². The van der Waals surface area contributed by atoms with Crippen LogP contribution in [-0.2, 0) is 0 Å². The lowest BCUT2D eigenvalue weighted by atomic mass is 10.2. The maximum atomic E-state index is 5.96. The number of aromatic nitrogens is 2. The molecule has 0 aliphatic carbocycles. The van der Waals surface area contributed by atoms with Crippen molar-refractivity contribution >= 4 is 28.8 Å². The molecule has 0 atom stereocenters. The largest absolute Gasteiger partial charge is 0.306 e. The average Bonchev–Trinajstić information content (AvgIpc) is 2.72. The monoisotopic (exact) mass is 262 g/mol. The maximum absolute atomic E-state index is 5.96. The quantitative estimate of drug-likeness (QED) is 0.639.